The largest absolute Gasteiger partial charge is 0.481 e. The first-order chi connectivity index (χ1) is 9.81. The van der Waals surface area contributed by atoms with Crippen LogP contribution in [0.4, 0.5) is 5.95 Å². The molecule has 0 amide bonds. The van der Waals surface area contributed by atoms with Gasteiger partial charge in [-0.25, -0.2) is 18.1 Å². The second-order valence-corrected chi connectivity index (χ2v) is 6.03. The Morgan fingerprint density at radius 2 is 2.19 bits per heavy atom. The molecule has 2 aromatic rings. The quantitative estimate of drug-likeness (QED) is 0.712. The summed E-state index contributed by atoms with van der Waals surface area (Å²) in [4.78, 5) is 17.1. The van der Waals surface area contributed by atoms with Crippen LogP contribution in [0.15, 0.2) is 17.3 Å². The second kappa shape index (κ2) is 5.56. The van der Waals surface area contributed by atoms with Crippen LogP contribution in [0.5, 0.6) is 0 Å². The van der Waals surface area contributed by atoms with Crippen molar-refractivity contribution in [1.82, 2.24) is 19.7 Å². The van der Waals surface area contributed by atoms with E-state index >= 15 is 0 Å². The fourth-order valence-electron chi connectivity index (χ4n) is 1.99. The van der Waals surface area contributed by atoms with Crippen LogP contribution in [0.2, 0.25) is 0 Å². The van der Waals surface area contributed by atoms with Gasteiger partial charge in [-0.05, 0) is 13.8 Å². The molecular formula is C11H15N5O4S. The number of carbonyl (C=O) groups is 1. The molecule has 0 spiro atoms. The van der Waals surface area contributed by atoms with Gasteiger partial charge in [-0.15, -0.1) is 0 Å². The summed E-state index contributed by atoms with van der Waals surface area (Å²) in [5.41, 5.74) is 0.685. The number of hydrogen-bond donors (Lipinski definition) is 3. The highest BCUT2D eigenvalue weighted by atomic mass is 32.2. The first kappa shape index (κ1) is 15.0. The van der Waals surface area contributed by atoms with Gasteiger partial charge >= 0.3 is 5.97 Å². The Morgan fingerprint density at radius 3 is 2.76 bits per heavy atom. The molecule has 0 aliphatic heterocycles. The van der Waals surface area contributed by atoms with Gasteiger partial charge in [0.15, 0.2) is 0 Å². The first-order valence-corrected chi connectivity index (χ1v) is 7.57. The molecule has 0 fully saturated rings. The van der Waals surface area contributed by atoms with Crippen LogP contribution in [0, 0.1) is 13.8 Å². The van der Waals surface area contributed by atoms with Crippen molar-refractivity contribution in [3.05, 3.63) is 23.8 Å². The molecule has 0 aromatic carbocycles. The average molecular weight is 313 g/mol. The van der Waals surface area contributed by atoms with Crippen molar-refractivity contribution in [2.45, 2.75) is 31.7 Å². The fraction of sp³-hybridized carbons (Fsp3) is 0.364. The number of aryl methyl sites for hydroxylation is 2. The number of rotatable bonds is 6. The zero-order chi connectivity index (χ0) is 15.6. The number of aromatic nitrogens is 4. The van der Waals surface area contributed by atoms with Crippen LogP contribution in [0.25, 0.3) is 0 Å². The van der Waals surface area contributed by atoms with E-state index in [1.165, 1.54) is 17.1 Å². The summed E-state index contributed by atoms with van der Waals surface area (Å²) in [6.07, 6.45) is 2.79. The minimum absolute atomic E-state index is 0.0317. The van der Waals surface area contributed by atoms with E-state index in [0.717, 1.165) is 0 Å². The Kier molecular flexibility index (Phi) is 3.98. The topological polar surface area (TPSA) is 130 Å². The molecule has 0 aliphatic carbocycles. The van der Waals surface area contributed by atoms with Gasteiger partial charge in [0.05, 0.1) is 24.4 Å². The van der Waals surface area contributed by atoms with Crippen molar-refractivity contribution in [2.24, 2.45) is 0 Å². The highest BCUT2D eigenvalue weighted by Gasteiger charge is 2.25. The van der Waals surface area contributed by atoms with Crippen molar-refractivity contribution in [3.8, 4) is 0 Å². The molecule has 2 rings (SSSR count). The normalized spacial score (nSPS) is 11.5. The molecule has 0 saturated heterocycles. The van der Waals surface area contributed by atoms with Gasteiger partial charge in [0.25, 0.3) is 10.0 Å². The molecular weight excluding hydrogens is 298 g/mol. The van der Waals surface area contributed by atoms with E-state index in [9.17, 15) is 13.2 Å². The predicted molar refractivity (Wildman–Crippen MR) is 73.4 cm³/mol. The lowest BCUT2D eigenvalue weighted by Gasteiger charge is -2.06. The predicted octanol–water partition coefficient (Wildman–Crippen LogP) is 0.499. The third-order valence-electron chi connectivity index (χ3n) is 2.85. The standard InChI is InChI=1S/C11H15N5O4S/c1-7-10(8(2)16(14-7)6-3-9(17)18)21(19,20)15-11-12-4-5-13-11/h4-5H,3,6H2,1-2H3,(H,17,18)(H2,12,13,15). The van der Waals surface area contributed by atoms with E-state index in [0.29, 0.717) is 11.4 Å². The van der Waals surface area contributed by atoms with Crippen LogP contribution in [0.3, 0.4) is 0 Å². The number of anilines is 1. The van der Waals surface area contributed by atoms with Crippen LogP contribution < -0.4 is 4.72 Å². The Bertz CT molecular complexity index is 748. The molecule has 3 N–H and O–H groups in total. The highest BCUT2D eigenvalue weighted by Crippen LogP contribution is 2.21. The third kappa shape index (κ3) is 3.21. The van der Waals surface area contributed by atoms with E-state index in [-0.39, 0.29) is 23.8 Å². The Labute approximate surface area is 121 Å². The van der Waals surface area contributed by atoms with Crippen molar-refractivity contribution in [3.63, 3.8) is 0 Å². The molecule has 114 valence electrons. The molecule has 0 atom stereocenters. The monoisotopic (exact) mass is 313 g/mol. The summed E-state index contributed by atoms with van der Waals surface area (Å²) in [5, 5.41) is 12.8. The van der Waals surface area contributed by atoms with E-state index in [1.807, 2.05) is 0 Å². The summed E-state index contributed by atoms with van der Waals surface area (Å²) in [7, 11) is -3.84. The number of aromatic amines is 1. The maximum atomic E-state index is 12.4. The van der Waals surface area contributed by atoms with Crippen LogP contribution in [0.1, 0.15) is 17.8 Å². The van der Waals surface area contributed by atoms with Gasteiger partial charge in [0, 0.05) is 12.4 Å². The number of hydrogen-bond acceptors (Lipinski definition) is 5. The molecule has 2 aromatic heterocycles. The molecule has 21 heavy (non-hydrogen) atoms. The summed E-state index contributed by atoms with van der Waals surface area (Å²) in [6.45, 7) is 3.25. The summed E-state index contributed by atoms with van der Waals surface area (Å²) < 4.78 is 28.4. The first-order valence-electron chi connectivity index (χ1n) is 6.09. The van der Waals surface area contributed by atoms with Gasteiger partial charge in [0.2, 0.25) is 5.95 Å². The molecule has 0 radical (unpaired) electrons. The van der Waals surface area contributed by atoms with Gasteiger partial charge in [0.1, 0.15) is 4.90 Å². The summed E-state index contributed by atoms with van der Waals surface area (Å²) in [5.74, 6) is -0.868. The smallest absolute Gasteiger partial charge is 0.305 e. The molecule has 10 heteroatoms. The number of sulfonamides is 1. The van der Waals surface area contributed by atoms with Crippen LogP contribution in [-0.4, -0.2) is 39.2 Å². The molecule has 0 unspecified atom stereocenters. The Balaban J connectivity index is 2.33. The number of carboxylic acid groups (broad SMARTS) is 1. The van der Waals surface area contributed by atoms with Crippen LogP contribution >= 0.6 is 0 Å². The second-order valence-electron chi connectivity index (χ2n) is 4.41. The lowest BCUT2D eigenvalue weighted by Crippen LogP contribution is -2.16. The SMILES string of the molecule is Cc1nn(CCC(=O)O)c(C)c1S(=O)(=O)Nc1ncc[nH]1. The maximum absolute atomic E-state index is 12.4. The van der Waals surface area contributed by atoms with E-state index in [1.54, 1.807) is 13.8 Å². The lowest BCUT2D eigenvalue weighted by atomic mass is 10.4. The zero-order valence-electron chi connectivity index (χ0n) is 11.5. The molecule has 2 heterocycles. The number of nitrogens with zero attached hydrogens (tertiary/aromatic N) is 3. The zero-order valence-corrected chi connectivity index (χ0v) is 12.3. The third-order valence-corrected chi connectivity index (χ3v) is 4.44. The van der Waals surface area contributed by atoms with E-state index in [2.05, 4.69) is 19.8 Å². The van der Waals surface area contributed by atoms with Crippen molar-refractivity contribution >= 4 is 21.9 Å². The fourth-order valence-corrected chi connectivity index (χ4v) is 3.38. The lowest BCUT2D eigenvalue weighted by molar-refractivity contribution is -0.137. The van der Waals surface area contributed by atoms with Crippen molar-refractivity contribution < 1.29 is 18.3 Å². The minimum Gasteiger partial charge on any atom is -0.481 e. The molecule has 9 nitrogen and oxygen atoms in total. The van der Waals surface area contributed by atoms with Gasteiger partial charge < -0.3 is 10.1 Å². The van der Waals surface area contributed by atoms with Gasteiger partial charge in [-0.3, -0.25) is 9.48 Å². The van der Waals surface area contributed by atoms with Gasteiger partial charge in [-0.1, -0.05) is 0 Å². The number of H-pyrrole nitrogens is 1. The number of imidazole rings is 1. The van der Waals surface area contributed by atoms with E-state index in [4.69, 9.17) is 5.11 Å². The molecule has 0 bridgehead atoms. The van der Waals surface area contributed by atoms with Gasteiger partial charge in [-0.2, -0.15) is 5.10 Å². The highest BCUT2D eigenvalue weighted by molar-refractivity contribution is 7.92. The summed E-state index contributed by atoms with van der Waals surface area (Å²) >= 11 is 0. The number of carboxylic acids is 1. The molecule has 0 saturated carbocycles. The Morgan fingerprint density at radius 1 is 1.48 bits per heavy atom. The summed E-state index contributed by atoms with van der Waals surface area (Å²) in [6, 6.07) is 0. The average Bonchev–Trinajstić information content (AvgIpc) is 2.94. The molecule has 0 aliphatic rings. The maximum Gasteiger partial charge on any atom is 0.305 e. The van der Waals surface area contributed by atoms with Crippen molar-refractivity contribution in [2.75, 3.05) is 4.72 Å². The van der Waals surface area contributed by atoms with Crippen LogP contribution in [-0.2, 0) is 21.4 Å². The number of nitrogens with one attached hydrogen (secondary N) is 2. The minimum atomic E-state index is -3.84. The number of aliphatic carboxylic acids is 1. The van der Waals surface area contributed by atoms with E-state index < -0.39 is 16.0 Å². The van der Waals surface area contributed by atoms with Crippen molar-refractivity contribution in [1.29, 1.82) is 0 Å². The Hall–Kier alpha value is -2.36.